The van der Waals surface area contributed by atoms with Crippen LogP contribution in [0.15, 0.2) is 48.5 Å². The summed E-state index contributed by atoms with van der Waals surface area (Å²) in [7, 11) is 0. The molecule has 2 aromatic rings. The van der Waals surface area contributed by atoms with Crippen LogP contribution < -0.4 is 5.32 Å². The van der Waals surface area contributed by atoms with Crippen LogP contribution in [0.3, 0.4) is 0 Å². The summed E-state index contributed by atoms with van der Waals surface area (Å²) in [5.74, 6) is -3.67. The van der Waals surface area contributed by atoms with E-state index in [2.05, 4.69) is 17.1 Å². The molecule has 0 unspecified atom stereocenters. The summed E-state index contributed by atoms with van der Waals surface area (Å²) in [5.41, 5.74) is 3.04. The molecule has 4 rings (SSSR count). The number of aliphatic carboxylic acids is 2. The van der Waals surface area contributed by atoms with E-state index in [-0.39, 0.29) is 24.1 Å². The van der Waals surface area contributed by atoms with Gasteiger partial charge in [0.2, 0.25) is 5.91 Å². The number of benzene rings is 2. The normalized spacial score (nSPS) is 17.3. The van der Waals surface area contributed by atoms with Crippen molar-refractivity contribution in [3.05, 3.63) is 65.5 Å². The molecule has 0 bridgehead atoms. The van der Waals surface area contributed by atoms with E-state index in [9.17, 15) is 18.8 Å². The molecule has 13 heteroatoms. The second-order valence-electron chi connectivity index (χ2n) is 11.4. The predicted molar refractivity (Wildman–Crippen MR) is 168 cm³/mol. The number of likely N-dealkylation sites (tertiary alicyclic amines) is 1. The molecule has 0 spiro atoms. The van der Waals surface area contributed by atoms with E-state index in [1.54, 1.807) is 12.1 Å². The number of halogens is 1. The Morgan fingerprint density at radius 2 is 1.50 bits per heavy atom. The van der Waals surface area contributed by atoms with Crippen LogP contribution in [0.2, 0.25) is 0 Å². The molecule has 2 aromatic carbocycles. The van der Waals surface area contributed by atoms with Gasteiger partial charge in [-0.15, -0.1) is 0 Å². The first-order valence-corrected chi connectivity index (χ1v) is 15.7. The third-order valence-electron chi connectivity index (χ3n) is 7.86. The van der Waals surface area contributed by atoms with E-state index < -0.39 is 24.1 Å². The molecule has 5 N–H and O–H groups in total. The number of carboxylic acid groups (broad SMARTS) is 2. The van der Waals surface area contributed by atoms with E-state index in [0.29, 0.717) is 13.0 Å². The Balaban J connectivity index is 0.000000498. The number of piperidine rings is 1. The first-order chi connectivity index (χ1) is 22.1. The minimum absolute atomic E-state index is 0.0865. The molecule has 0 radical (unpaired) electrons. The van der Waals surface area contributed by atoms with Gasteiger partial charge in [-0.05, 0) is 61.1 Å². The molecule has 0 saturated carbocycles. The summed E-state index contributed by atoms with van der Waals surface area (Å²) >= 11 is 0. The van der Waals surface area contributed by atoms with Crippen molar-refractivity contribution < 1.29 is 48.7 Å². The minimum Gasteiger partial charge on any atom is -0.479 e. The fourth-order valence-corrected chi connectivity index (χ4v) is 5.21. The fourth-order valence-electron chi connectivity index (χ4n) is 5.21. The molecular weight excluding hydrogens is 601 g/mol. The molecule has 12 nitrogen and oxygen atoms in total. The summed E-state index contributed by atoms with van der Waals surface area (Å²) in [6, 6.07) is 14.8. The summed E-state index contributed by atoms with van der Waals surface area (Å²) in [6.07, 6.45) is 0.529. The highest BCUT2D eigenvalue weighted by molar-refractivity contribution is 5.83. The number of aliphatic hydroxyl groups excluding tert-OH is 2. The Kier molecular flexibility index (Phi) is 15.3. The Hall–Kier alpha value is -3.62. The Bertz CT molecular complexity index is 1200. The van der Waals surface area contributed by atoms with Crippen LogP contribution >= 0.6 is 0 Å². The highest BCUT2D eigenvalue weighted by Crippen LogP contribution is 2.22. The summed E-state index contributed by atoms with van der Waals surface area (Å²) < 4.78 is 24.8. The number of amides is 1. The van der Waals surface area contributed by atoms with Crippen LogP contribution in [0.1, 0.15) is 50.2 Å². The Morgan fingerprint density at radius 3 is 2.04 bits per heavy atom. The minimum atomic E-state index is -2.27. The fraction of sp³-hybridized carbons (Fsp3) is 0.545. The largest absolute Gasteiger partial charge is 0.479 e. The number of carbonyl (C=O) groups is 3. The summed E-state index contributed by atoms with van der Waals surface area (Å²) in [4.78, 5) is 37.5. The average molecular weight is 648 g/mol. The predicted octanol–water partition coefficient (Wildman–Crippen LogP) is 2.71. The van der Waals surface area contributed by atoms with Gasteiger partial charge in [-0.25, -0.2) is 14.0 Å². The average Bonchev–Trinajstić information content (AvgIpc) is 3.07. The van der Waals surface area contributed by atoms with Gasteiger partial charge < -0.3 is 45.0 Å². The lowest BCUT2D eigenvalue weighted by Gasteiger charge is -2.39. The number of nitrogens with zero attached hydrogens (tertiary/aromatic N) is 2. The van der Waals surface area contributed by atoms with Gasteiger partial charge >= 0.3 is 11.9 Å². The van der Waals surface area contributed by atoms with Gasteiger partial charge in [0.05, 0.1) is 19.6 Å². The van der Waals surface area contributed by atoms with E-state index in [1.807, 2.05) is 29.2 Å². The highest BCUT2D eigenvalue weighted by Gasteiger charge is 2.30. The van der Waals surface area contributed by atoms with Gasteiger partial charge in [0, 0.05) is 50.9 Å². The number of hydrogen-bond donors (Lipinski definition) is 5. The van der Waals surface area contributed by atoms with Crippen molar-refractivity contribution in [1.82, 2.24) is 9.80 Å². The van der Waals surface area contributed by atoms with Crippen molar-refractivity contribution >= 4 is 23.5 Å². The van der Waals surface area contributed by atoms with Gasteiger partial charge in [-0.2, -0.15) is 0 Å². The van der Waals surface area contributed by atoms with E-state index >= 15 is 0 Å². The van der Waals surface area contributed by atoms with Gasteiger partial charge in [-0.1, -0.05) is 31.2 Å². The smallest absolute Gasteiger partial charge is 0.335 e. The van der Waals surface area contributed by atoms with Gasteiger partial charge in [-0.3, -0.25) is 4.79 Å². The summed E-state index contributed by atoms with van der Waals surface area (Å²) in [6.45, 7) is 7.98. The first kappa shape index (κ1) is 36.8. The van der Waals surface area contributed by atoms with Crippen LogP contribution in [-0.2, 0) is 36.8 Å². The maximum Gasteiger partial charge on any atom is 0.335 e. The standard InChI is InChI=1S/C29H40FN3O3.C4H6O6/c1-2-15-31-26-10-6-23(7-11-26)21-28(34)33(22-24-4-8-25(30)9-5-24)27-12-16-32(17-13-27)18-14-29-35-19-3-20-36-29;5-1(3(7)8)2(6)4(9)10/h4-11,27,29,31H,2-3,12-22H2,1H3;1-2,5-6H,(H,7,8)(H,9,10)/t;1-,2-/m.1/s1. The van der Waals surface area contributed by atoms with E-state index in [0.717, 1.165) is 88.3 Å². The van der Waals surface area contributed by atoms with E-state index in [4.69, 9.17) is 29.9 Å². The highest BCUT2D eigenvalue weighted by atomic mass is 19.1. The van der Waals surface area contributed by atoms with Crippen molar-refractivity contribution in [3.8, 4) is 0 Å². The number of ether oxygens (including phenoxy) is 2. The molecule has 0 aliphatic carbocycles. The van der Waals surface area contributed by atoms with Crippen molar-refractivity contribution in [2.24, 2.45) is 0 Å². The molecule has 2 aliphatic heterocycles. The van der Waals surface area contributed by atoms with Gasteiger partial charge in [0.25, 0.3) is 0 Å². The van der Waals surface area contributed by atoms with Crippen molar-refractivity contribution in [2.45, 2.75) is 76.5 Å². The number of aliphatic hydroxyl groups is 2. The number of carboxylic acids is 2. The Labute approximate surface area is 268 Å². The molecule has 2 fully saturated rings. The molecule has 2 aliphatic rings. The molecule has 2 heterocycles. The maximum absolute atomic E-state index is 13.5. The summed E-state index contributed by atoms with van der Waals surface area (Å²) in [5, 5.41) is 35.9. The number of rotatable bonds is 14. The maximum atomic E-state index is 13.5. The zero-order chi connectivity index (χ0) is 33.5. The quantitative estimate of drug-likeness (QED) is 0.204. The molecule has 254 valence electrons. The SMILES string of the molecule is CCCNc1ccc(CC(=O)N(Cc2ccc(F)cc2)C2CCN(CCC3OCCCO3)CC2)cc1.O=C(O)[C@H](O)[C@@H](O)C(=O)O. The van der Waals surface area contributed by atoms with Crippen LogP contribution in [0.25, 0.3) is 0 Å². The lowest BCUT2D eigenvalue weighted by Crippen LogP contribution is -2.48. The van der Waals surface area contributed by atoms with Crippen LogP contribution in [-0.4, -0.2) is 112 Å². The van der Waals surface area contributed by atoms with Crippen LogP contribution in [0.4, 0.5) is 10.1 Å². The lowest BCUT2D eigenvalue weighted by molar-refractivity contribution is -0.183. The van der Waals surface area contributed by atoms with Crippen molar-refractivity contribution in [2.75, 3.05) is 44.7 Å². The Morgan fingerprint density at radius 1 is 0.935 bits per heavy atom. The molecule has 2 atom stereocenters. The third-order valence-corrected chi connectivity index (χ3v) is 7.86. The van der Waals surface area contributed by atoms with Crippen molar-refractivity contribution in [1.29, 1.82) is 0 Å². The van der Waals surface area contributed by atoms with Crippen LogP contribution in [0.5, 0.6) is 0 Å². The third kappa shape index (κ3) is 12.3. The van der Waals surface area contributed by atoms with Crippen molar-refractivity contribution in [3.63, 3.8) is 0 Å². The second kappa shape index (κ2) is 19.1. The monoisotopic (exact) mass is 647 g/mol. The number of carbonyl (C=O) groups excluding carboxylic acids is 1. The van der Waals surface area contributed by atoms with Gasteiger partial charge in [0.1, 0.15) is 5.82 Å². The molecular formula is C33H46FN3O9. The zero-order valence-electron chi connectivity index (χ0n) is 26.2. The van der Waals surface area contributed by atoms with E-state index in [1.165, 1.54) is 12.1 Å². The molecule has 0 aromatic heterocycles. The molecule has 46 heavy (non-hydrogen) atoms. The number of nitrogens with one attached hydrogen (secondary N) is 1. The first-order valence-electron chi connectivity index (χ1n) is 15.7. The lowest BCUT2D eigenvalue weighted by atomic mass is 10.0. The molecule has 2 saturated heterocycles. The number of anilines is 1. The number of hydrogen-bond acceptors (Lipinski definition) is 9. The van der Waals surface area contributed by atoms with Crippen LogP contribution in [0, 0.1) is 5.82 Å². The second-order valence-corrected chi connectivity index (χ2v) is 11.4. The zero-order valence-corrected chi connectivity index (χ0v) is 26.2. The molecule has 1 amide bonds. The van der Waals surface area contributed by atoms with Gasteiger partial charge in [0.15, 0.2) is 18.5 Å². The topological polar surface area (TPSA) is 169 Å².